The molecule has 2 aliphatic heterocycles. The molecule has 236 valence electrons. The van der Waals surface area contributed by atoms with Crippen LogP contribution in [0.3, 0.4) is 0 Å². The second kappa shape index (κ2) is 13.4. The third kappa shape index (κ3) is 6.37. The zero-order valence-corrected chi connectivity index (χ0v) is 25.8. The summed E-state index contributed by atoms with van der Waals surface area (Å²) in [5.74, 6) is -1.06. The monoisotopic (exact) mass is 626 g/mol. The van der Waals surface area contributed by atoms with Crippen LogP contribution in [0.2, 0.25) is 6.32 Å². The molecule has 0 unspecified atom stereocenters. The lowest BCUT2D eigenvalue weighted by atomic mass is 9.58. The van der Waals surface area contributed by atoms with E-state index in [1.165, 1.54) is 4.90 Å². The number of benzene rings is 3. The van der Waals surface area contributed by atoms with Gasteiger partial charge in [-0.3, -0.25) is 19.5 Å². The number of anilines is 1. The number of aromatic nitrogens is 1. The zero-order valence-electron chi connectivity index (χ0n) is 25.8. The Kier molecular flexibility index (Phi) is 8.74. The van der Waals surface area contributed by atoms with Crippen molar-refractivity contribution in [2.45, 2.75) is 31.7 Å². The van der Waals surface area contributed by atoms with Crippen LogP contribution in [-0.2, 0) is 14.2 Å². The molecule has 0 radical (unpaired) electrons. The largest absolute Gasteiger partial charge is 0.508 e. The number of phenols is 1. The van der Waals surface area contributed by atoms with Gasteiger partial charge in [-0.2, -0.15) is 0 Å². The number of carbonyl (C=O) groups excluding carboxylic acids is 2. The van der Waals surface area contributed by atoms with Gasteiger partial charge in [0.15, 0.2) is 0 Å². The van der Waals surface area contributed by atoms with Crippen LogP contribution in [-0.4, -0.2) is 46.8 Å². The van der Waals surface area contributed by atoms with Gasteiger partial charge in [0.1, 0.15) is 18.1 Å². The Bertz CT molecular complexity index is 1800. The second-order valence-corrected chi connectivity index (χ2v) is 12.3. The zero-order chi connectivity index (χ0) is 32.3. The highest BCUT2D eigenvalue weighted by Gasteiger charge is 2.57. The fourth-order valence-electron chi connectivity index (χ4n) is 7.30. The predicted molar refractivity (Wildman–Crippen MR) is 180 cm³/mol. The number of carbonyl (C=O) groups is 2. The molecule has 3 heterocycles. The van der Waals surface area contributed by atoms with Gasteiger partial charge in [-0.25, -0.2) is 0 Å². The standard InChI is InChI=1S/C38H35BN2O6/c42-29-17-14-25(15-18-29)21-26(33-13-7-8-20-40-33)16-19-34-35-27(24-46-30-11-5-2-6-12-30)22-31-36(32(35)23-39(45)47-34)38(44)41(37(31)43)28-9-3-1-4-10-28/h1-15,17-18,20-21,31-32,34,36,42,45H,16,19,22-24H2/b26-21-/t31-,32+,34-,36-/m1/s1. The van der Waals surface area contributed by atoms with Crippen molar-refractivity contribution in [1.29, 1.82) is 0 Å². The summed E-state index contributed by atoms with van der Waals surface area (Å²) in [5.41, 5.74) is 5.15. The van der Waals surface area contributed by atoms with Crippen molar-refractivity contribution in [1.82, 2.24) is 4.98 Å². The number of amides is 2. The van der Waals surface area contributed by atoms with E-state index in [4.69, 9.17) is 9.39 Å². The topological polar surface area (TPSA) is 109 Å². The fraction of sp³-hybridized carbons (Fsp3) is 0.237. The number of hydrogen-bond donors (Lipinski definition) is 2. The number of hydrogen-bond acceptors (Lipinski definition) is 7. The number of aromatic hydroxyl groups is 1. The van der Waals surface area contributed by atoms with Crippen LogP contribution >= 0.6 is 0 Å². The average Bonchev–Trinajstić information content (AvgIpc) is 3.36. The molecular formula is C38H35BN2O6. The van der Waals surface area contributed by atoms with Gasteiger partial charge in [-0.1, -0.05) is 54.6 Å². The summed E-state index contributed by atoms with van der Waals surface area (Å²) in [5, 5.41) is 20.9. The minimum atomic E-state index is -1.09. The molecule has 4 atom stereocenters. The SMILES string of the molecule is O=C1[C@@H]2[C@@H](CC(COc3ccccc3)=C3[C@@H](CC/C(=C/c4ccc(O)cc4)c4ccccn4)OB(O)C[C@@H]32)C(=O)N1c1ccccc1. The third-order valence-electron chi connectivity index (χ3n) is 9.38. The molecule has 47 heavy (non-hydrogen) atoms. The number of para-hydroxylation sites is 2. The molecule has 3 aliphatic rings. The molecule has 8 nitrogen and oxygen atoms in total. The van der Waals surface area contributed by atoms with Crippen molar-refractivity contribution in [3.8, 4) is 11.5 Å². The first kappa shape index (κ1) is 30.7. The minimum absolute atomic E-state index is 0.190. The molecule has 9 heteroatoms. The molecule has 1 aromatic heterocycles. The molecule has 4 aromatic rings. The maximum atomic E-state index is 14.1. The molecule has 1 aliphatic carbocycles. The Morgan fingerprint density at radius 1 is 0.915 bits per heavy atom. The first-order valence-electron chi connectivity index (χ1n) is 16.0. The number of imide groups is 1. The van der Waals surface area contributed by atoms with Crippen LogP contribution in [0.1, 0.15) is 30.5 Å². The number of phenolic OH excluding ortho intramolecular Hbond substituents is 1. The molecule has 7 rings (SSSR count). The lowest BCUT2D eigenvalue weighted by Crippen LogP contribution is -2.46. The van der Waals surface area contributed by atoms with Gasteiger partial charge >= 0.3 is 7.12 Å². The summed E-state index contributed by atoms with van der Waals surface area (Å²) in [6.07, 6.45) is 4.97. The smallest absolute Gasteiger partial charge is 0.455 e. The van der Waals surface area contributed by atoms with Crippen LogP contribution in [0, 0.1) is 17.8 Å². The highest BCUT2D eigenvalue weighted by atomic mass is 16.5. The minimum Gasteiger partial charge on any atom is -0.508 e. The van der Waals surface area contributed by atoms with Crippen LogP contribution in [0.5, 0.6) is 11.5 Å². The van der Waals surface area contributed by atoms with Gasteiger partial charge in [0.2, 0.25) is 11.8 Å². The van der Waals surface area contributed by atoms with Crippen molar-refractivity contribution in [3.63, 3.8) is 0 Å². The quantitative estimate of drug-likeness (QED) is 0.130. The van der Waals surface area contributed by atoms with E-state index in [2.05, 4.69) is 4.98 Å². The molecule has 2 fully saturated rings. The summed E-state index contributed by atoms with van der Waals surface area (Å²) in [7, 11) is -1.09. The first-order chi connectivity index (χ1) is 23.0. The van der Waals surface area contributed by atoms with Crippen molar-refractivity contribution in [2.75, 3.05) is 11.5 Å². The summed E-state index contributed by atoms with van der Waals surface area (Å²) in [6, 6.07) is 31.3. The second-order valence-electron chi connectivity index (χ2n) is 12.3. The van der Waals surface area contributed by atoms with Gasteiger partial charge in [0, 0.05) is 6.20 Å². The van der Waals surface area contributed by atoms with E-state index in [1.54, 1.807) is 30.5 Å². The van der Waals surface area contributed by atoms with Crippen molar-refractivity contribution >= 4 is 36.3 Å². The van der Waals surface area contributed by atoms with E-state index in [9.17, 15) is 19.7 Å². The molecule has 2 amide bonds. The molecule has 0 spiro atoms. The van der Waals surface area contributed by atoms with Crippen LogP contribution in [0.15, 0.2) is 120 Å². The van der Waals surface area contributed by atoms with Gasteiger partial charge in [-0.15, -0.1) is 0 Å². The van der Waals surface area contributed by atoms with Crippen molar-refractivity contribution in [3.05, 3.63) is 132 Å². The van der Waals surface area contributed by atoms with Crippen molar-refractivity contribution < 1.29 is 29.1 Å². The number of fused-ring (bicyclic) bond motifs is 3. The van der Waals surface area contributed by atoms with Crippen LogP contribution in [0.4, 0.5) is 5.69 Å². The van der Waals surface area contributed by atoms with E-state index >= 15 is 0 Å². The molecule has 0 saturated carbocycles. The molecule has 2 saturated heterocycles. The molecule has 2 N–H and O–H groups in total. The maximum Gasteiger partial charge on any atom is 0.455 e. The number of rotatable bonds is 9. The summed E-state index contributed by atoms with van der Waals surface area (Å²) >= 11 is 0. The number of allylic oxidation sites excluding steroid dienone is 1. The maximum absolute atomic E-state index is 14.1. The number of pyridine rings is 1. The van der Waals surface area contributed by atoms with Gasteiger partial charge in [0.25, 0.3) is 0 Å². The predicted octanol–water partition coefficient (Wildman–Crippen LogP) is 6.19. The Morgan fingerprint density at radius 3 is 2.36 bits per heavy atom. The fourth-order valence-corrected chi connectivity index (χ4v) is 7.30. The lowest BCUT2D eigenvalue weighted by molar-refractivity contribution is -0.122. The summed E-state index contributed by atoms with van der Waals surface area (Å²) in [6.45, 7) is 0.248. The molecule has 3 aromatic carbocycles. The van der Waals surface area contributed by atoms with E-state index in [0.717, 1.165) is 28.0 Å². The van der Waals surface area contributed by atoms with E-state index in [0.29, 0.717) is 30.7 Å². The lowest BCUT2D eigenvalue weighted by Gasteiger charge is -2.43. The third-order valence-corrected chi connectivity index (χ3v) is 9.38. The van der Waals surface area contributed by atoms with Gasteiger partial charge in [0.05, 0.1) is 29.3 Å². The summed E-state index contributed by atoms with van der Waals surface area (Å²) in [4.78, 5) is 33.9. The van der Waals surface area contributed by atoms with E-state index in [-0.39, 0.29) is 36.4 Å². The Morgan fingerprint density at radius 2 is 1.64 bits per heavy atom. The normalized spacial score (nSPS) is 22.7. The van der Waals surface area contributed by atoms with E-state index in [1.807, 2.05) is 84.9 Å². The first-order valence-corrected chi connectivity index (χ1v) is 16.0. The Labute approximate surface area is 274 Å². The number of nitrogens with zero attached hydrogens (tertiary/aromatic N) is 2. The highest BCUT2D eigenvalue weighted by Crippen LogP contribution is 2.51. The number of ether oxygens (including phenoxy) is 1. The van der Waals surface area contributed by atoms with Crippen LogP contribution < -0.4 is 9.64 Å². The van der Waals surface area contributed by atoms with Gasteiger partial charge < -0.3 is 19.5 Å². The highest BCUT2D eigenvalue weighted by molar-refractivity contribution is 6.43. The molecular weight excluding hydrogens is 591 g/mol. The van der Waals surface area contributed by atoms with Crippen molar-refractivity contribution in [2.24, 2.45) is 17.8 Å². The average molecular weight is 627 g/mol. The molecule has 0 bridgehead atoms. The van der Waals surface area contributed by atoms with Gasteiger partial charge in [-0.05, 0) is 108 Å². The Hall–Kier alpha value is -4.99. The van der Waals surface area contributed by atoms with E-state index < -0.39 is 25.1 Å². The van der Waals surface area contributed by atoms with Crippen LogP contribution in [0.25, 0.3) is 11.6 Å². The Balaban J connectivity index is 1.24. The summed E-state index contributed by atoms with van der Waals surface area (Å²) < 4.78 is 12.5.